The molecule has 0 bridgehead atoms. The van der Waals surface area contributed by atoms with Crippen LogP contribution in [-0.2, 0) is 9.53 Å². The van der Waals surface area contributed by atoms with Gasteiger partial charge in [-0.15, -0.1) is 0 Å². The monoisotopic (exact) mass is 495 g/mol. The first-order chi connectivity index (χ1) is 16.5. The van der Waals surface area contributed by atoms with Gasteiger partial charge in [-0.25, -0.2) is 9.78 Å². The van der Waals surface area contributed by atoms with Gasteiger partial charge < -0.3 is 20.3 Å². The number of aromatic nitrogens is 2. The standard InChI is InChI=1S/C20H30FN5O3.C4H10.C2H6/c1-6-11-23-17-15(13-24-18(21)25-17)10-8-7-9-12-22-16(27)14-26(5)19(28)29-20(2,3)4;1-3-4-2;1-2/h13H,6-7,9,11-12,14H2,1-5H3,(H,22,27)(H,23,24,25);3-4H2,1-2H3;1-2H3. The van der Waals surface area contributed by atoms with Crippen molar-refractivity contribution in [1.29, 1.82) is 0 Å². The summed E-state index contributed by atoms with van der Waals surface area (Å²) in [5, 5.41) is 5.75. The minimum absolute atomic E-state index is 0.0834. The summed E-state index contributed by atoms with van der Waals surface area (Å²) in [5.41, 5.74) is -0.0787. The van der Waals surface area contributed by atoms with Gasteiger partial charge in [0.25, 0.3) is 0 Å². The third kappa shape index (κ3) is 19.1. The van der Waals surface area contributed by atoms with Gasteiger partial charge in [-0.1, -0.05) is 59.3 Å². The second-order valence-electron chi connectivity index (χ2n) is 8.42. The number of carbonyl (C=O) groups excluding carboxylic acids is 2. The van der Waals surface area contributed by atoms with Crippen molar-refractivity contribution in [3.05, 3.63) is 17.8 Å². The van der Waals surface area contributed by atoms with E-state index in [1.165, 1.54) is 31.0 Å². The number of hydrogen-bond donors (Lipinski definition) is 2. The molecule has 9 heteroatoms. The van der Waals surface area contributed by atoms with Crippen LogP contribution in [0.2, 0.25) is 0 Å². The first kappa shape index (κ1) is 34.3. The molecular weight excluding hydrogens is 449 g/mol. The molecule has 0 radical (unpaired) electrons. The van der Waals surface area contributed by atoms with Crippen LogP contribution in [0.25, 0.3) is 0 Å². The van der Waals surface area contributed by atoms with Crippen molar-refractivity contribution in [3.63, 3.8) is 0 Å². The van der Waals surface area contributed by atoms with Crippen LogP contribution in [0.15, 0.2) is 6.20 Å². The number of rotatable bonds is 9. The smallest absolute Gasteiger partial charge is 0.410 e. The minimum Gasteiger partial charge on any atom is -0.444 e. The zero-order valence-electron chi connectivity index (χ0n) is 23.2. The number of anilines is 1. The molecule has 0 aliphatic rings. The van der Waals surface area contributed by atoms with Crippen molar-refractivity contribution in [2.45, 2.75) is 93.1 Å². The average molecular weight is 496 g/mol. The first-order valence-electron chi connectivity index (χ1n) is 12.5. The summed E-state index contributed by atoms with van der Waals surface area (Å²) in [7, 11) is 1.51. The molecule has 0 spiro atoms. The molecule has 200 valence electrons. The van der Waals surface area contributed by atoms with Crippen LogP contribution in [0.5, 0.6) is 0 Å². The van der Waals surface area contributed by atoms with Crippen LogP contribution in [0.4, 0.5) is 15.0 Å². The molecule has 1 heterocycles. The van der Waals surface area contributed by atoms with Crippen LogP contribution in [-0.4, -0.2) is 59.2 Å². The topological polar surface area (TPSA) is 96.5 Å². The number of hydrogen-bond acceptors (Lipinski definition) is 6. The average Bonchev–Trinajstić information content (AvgIpc) is 2.81. The van der Waals surface area contributed by atoms with Crippen LogP contribution in [0.3, 0.4) is 0 Å². The number of nitrogens with one attached hydrogen (secondary N) is 2. The lowest BCUT2D eigenvalue weighted by Crippen LogP contribution is -2.41. The molecule has 0 saturated carbocycles. The number of amides is 2. The third-order valence-electron chi connectivity index (χ3n) is 3.91. The molecule has 0 saturated heterocycles. The molecular formula is C26H46FN5O3. The summed E-state index contributed by atoms with van der Waals surface area (Å²) in [6.07, 6.45) is 4.69. The Hall–Kier alpha value is -2.89. The van der Waals surface area contributed by atoms with E-state index in [2.05, 4.69) is 46.3 Å². The minimum atomic E-state index is -0.798. The predicted molar refractivity (Wildman–Crippen MR) is 141 cm³/mol. The highest BCUT2D eigenvalue weighted by Crippen LogP contribution is 2.10. The molecule has 1 aromatic rings. The van der Waals surface area contributed by atoms with Crippen molar-refractivity contribution in [2.75, 3.05) is 32.0 Å². The summed E-state index contributed by atoms with van der Waals surface area (Å²) in [6.45, 7) is 16.7. The second-order valence-corrected chi connectivity index (χ2v) is 8.42. The molecule has 1 rings (SSSR count). The molecule has 0 aliphatic heterocycles. The number of carbonyl (C=O) groups is 2. The van der Waals surface area contributed by atoms with Gasteiger partial charge in [-0.05, 0) is 33.6 Å². The SMILES string of the molecule is CC.CCCC.CCCNc1nc(F)ncc1C#CCCCNC(=O)CN(C)C(=O)OC(C)(C)C. The van der Waals surface area contributed by atoms with Gasteiger partial charge >= 0.3 is 12.2 Å². The Balaban J connectivity index is 0. The summed E-state index contributed by atoms with van der Waals surface area (Å²) in [6, 6.07) is 0. The van der Waals surface area contributed by atoms with E-state index < -0.39 is 17.8 Å². The summed E-state index contributed by atoms with van der Waals surface area (Å²) < 4.78 is 18.4. The Kier molecular flexibility index (Phi) is 20.1. The van der Waals surface area contributed by atoms with Gasteiger partial charge in [0.05, 0.1) is 11.8 Å². The maximum atomic E-state index is 13.2. The molecule has 2 amide bonds. The lowest BCUT2D eigenvalue weighted by atomic mass is 10.2. The number of halogens is 1. The normalized spacial score (nSPS) is 9.77. The summed E-state index contributed by atoms with van der Waals surface area (Å²) in [5.74, 6) is 5.99. The van der Waals surface area contributed by atoms with Gasteiger partial charge in [0.1, 0.15) is 18.0 Å². The Morgan fingerprint density at radius 2 is 1.74 bits per heavy atom. The fourth-order valence-electron chi connectivity index (χ4n) is 2.07. The van der Waals surface area contributed by atoms with E-state index in [0.29, 0.717) is 37.3 Å². The van der Waals surface area contributed by atoms with Gasteiger partial charge in [0.15, 0.2) is 0 Å². The fourth-order valence-corrected chi connectivity index (χ4v) is 2.07. The molecule has 0 aliphatic carbocycles. The first-order valence-corrected chi connectivity index (χ1v) is 12.5. The van der Waals surface area contributed by atoms with E-state index in [1.807, 2.05) is 20.8 Å². The molecule has 0 unspecified atom stereocenters. The van der Waals surface area contributed by atoms with Crippen molar-refractivity contribution >= 4 is 17.8 Å². The predicted octanol–water partition coefficient (Wildman–Crippen LogP) is 5.39. The highest BCUT2D eigenvalue weighted by Gasteiger charge is 2.20. The van der Waals surface area contributed by atoms with E-state index in [0.717, 1.165) is 6.42 Å². The largest absolute Gasteiger partial charge is 0.444 e. The Morgan fingerprint density at radius 3 is 2.29 bits per heavy atom. The number of likely N-dealkylation sites (N-methyl/N-ethyl adjacent to an activating group) is 1. The summed E-state index contributed by atoms with van der Waals surface area (Å²) in [4.78, 5) is 32.2. The van der Waals surface area contributed by atoms with Crippen molar-refractivity contribution in [2.24, 2.45) is 0 Å². The molecule has 0 atom stereocenters. The lowest BCUT2D eigenvalue weighted by molar-refractivity contribution is -0.122. The van der Waals surface area contributed by atoms with Gasteiger partial charge in [0.2, 0.25) is 5.91 Å². The van der Waals surface area contributed by atoms with E-state index in [-0.39, 0.29) is 12.5 Å². The number of ether oxygens (including phenoxy) is 1. The van der Waals surface area contributed by atoms with Crippen LogP contribution in [0.1, 0.15) is 93.1 Å². The molecule has 2 N–H and O–H groups in total. The highest BCUT2D eigenvalue weighted by atomic mass is 19.1. The quantitative estimate of drug-likeness (QED) is 0.271. The van der Waals surface area contributed by atoms with Crippen LogP contribution < -0.4 is 10.6 Å². The van der Waals surface area contributed by atoms with Gasteiger partial charge in [0, 0.05) is 26.6 Å². The van der Waals surface area contributed by atoms with Crippen LogP contribution in [0, 0.1) is 17.9 Å². The van der Waals surface area contributed by atoms with E-state index in [9.17, 15) is 14.0 Å². The Labute approximate surface area is 211 Å². The van der Waals surface area contributed by atoms with Gasteiger partial charge in [-0.3, -0.25) is 4.79 Å². The molecule has 8 nitrogen and oxygen atoms in total. The molecule has 1 aromatic heterocycles. The van der Waals surface area contributed by atoms with Gasteiger partial charge in [-0.2, -0.15) is 9.37 Å². The maximum Gasteiger partial charge on any atom is 0.410 e. The summed E-state index contributed by atoms with van der Waals surface area (Å²) >= 11 is 0. The van der Waals surface area contributed by atoms with E-state index in [1.54, 1.807) is 20.8 Å². The lowest BCUT2D eigenvalue weighted by Gasteiger charge is -2.24. The molecule has 35 heavy (non-hydrogen) atoms. The van der Waals surface area contributed by atoms with Crippen LogP contribution >= 0.6 is 0 Å². The van der Waals surface area contributed by atoms with E-state index in [4.69, 9.17) is 4.74 Å². The maximum absolute atomic E-state index is 13.2. The Morgan fingerprint density at radius 1 is 1.11 bits per heavy atom. The molecule has 0 fully saturated rings. The highest BCUT2D eigenvalue weighted by molar-refractivity contribution is 5.82. The number of nitrogens with zero attached hydrogens (tertiary/aromatic N) is 3. The van der Waals surface area contributed by atoms with E-state index >= 15 is 0 Å². The third-order valence-corrected chi connectivity index (χ3v) is 3.91. The molecule has 0 aromatic carbocycles. The van der Waals surface area contributed by atoms with Crippen molar-refractivity contribution < 1.29 is 18.7 Å². The van der Waals surface area contributed by atoms with Crippen molar-refractivity contribution in [1.82, 2.24) is 20.2 Å². The zero-order valence-corrected chi connectivity index (χ0v) is 23.2. The zero-order chi connectivity index (χ0) is 27.3. The Bertz CT molecular complexity index is 783. The second kappa shape index (κ2) is 20.5. The fraction of sp³-hybridized carbons (Fsp3) is 0.692. The van der Waals surface area contributed by atoms with Crippen molar-refractivity contribution in [3.8, 4) is 11.8 Å². The number of unbranched alkanes of at least 4 members (excludes halogenated alkanes) is 2.